The van der Waals surface area contributed by atoms with Gasteiger partial charge in [-0.1, -0.05) is 5.16 Å². The second-order valence-corrected chi connectivity index (χ2v) is 3.68. The van der Waals surface area contributed by atoms with E-state index in [-0.39, 0.29) is 11.7 Å². The Kier molecular flexibility index (Phi) is 2.82. The molecule has 0 saturated carbocycles. The van der Waals surface area contributed by atoms with E-state index in [2.05, 4.69) is 20.7 Å². The van der Waals surface area contributed by atoms with Crippen molar-refractivity contribution < 1.29 is 9.32 Å². The van der Waals surface area contributed by atoms with Gasteiger partial charge in [-0.3, -0.25) is 9.89 Å². The Morgan fingerprint density at radius 1 is 1.59 bits per heavy atom. The van der Waals surface area contributed by atoms with Crippen LogP contribution in [0.2, 0.25) is 0 Å². The predicted octanol–water partition coefficient (Wildman–Crippen LogP) is 0.527. The summed E-state index contributed by atoms with van der Waals surface area (Å²) in [5.74, 6) is 0.667. The molecule has 2 heterocycles. The van der Waals surface area contributed by atoms with Gasteiger partial charge in [-0.15, -0.1) is 0 Å². The Balaban J connectivity index is 2.05. The fourth-order valence-corrected chi connectivity index (χ4v) is 1.50. The summed E-state index contributed by atoms with van der Waals surface area (Å²) in [7, 11) is 0. The van der Waals surface area contributed by atoms with Gasteiger partial charge in [0.15, 0.2) is 0 Å². The maximum atomic E-state index is 11.7. The summed E-state index contributed by atoms with van der Waals surface area (Å²) in [4.78, 5) is 11.7. The van der Waals surface area contributed by atoms with Crippen molar-refractivity contribution in [2.45, 2.75) is 20.4 Å². The van der Waals surface area contributed by atoms with Crippen molar-refractivity contribution in [3.05, 3.63) is 28.8 Å². The number of aryl methyl sites for hydroxylation is 2. The van der Waals surface area contributed by atoms with Crippen LogP contribution in [0.15, 0.2) is 10.7 Å². The Labute approximate surface area is 97.4 Å². The number of nitrogen functional groups attached to an aromatic ring is 1. The smallest absolute Gasteiger partial charge is 0.256 e. The number of H-pyrrole nitrogens is 1. The topological polar surface area (TPSA) is 110 Å². The zero-order chi connectivity index (χ0) is 12.4. The van der Waals surface area contributed by atoms with Crippen LogP contribution in [0.5, 0.6) is 0 Å². The molecule has 0 saturated heterocycles. The number of hydrogen-bond acceptors (Lipinski definition) is 5. The maximum Gasteiger partial charge on any atom is 0.256 e. The molecule has 0 spiro atoms. The van der Waals surface area contributed by atoms with E-state index < -0.39 is 0 Å². The molecule has 0 fully saturated rings. The molecule has 2 aromatic rings. The van der Waals surface area contributed by atoms with E-state index in [9.17, 15) is 4.79 Å². The monoisotopic (exact) mass is 235 g/mol. The van der Waals surface area contributed by atoms with E-state index in [1.807, 2.05) is 6.92 Å². The molecule has 1 amide bonds. The minimum absolute atomic E-state index is 0.251. The molecule has 90 valence electrons. The van der Waals surface area contributed by atoms with Gasteiger partial charge >= 0.3 is 0 Å². The highest BCUT2D eigenvalue weighted by molar-refractivity contribution is 5.98. The van der Waals surface area contributed by atoms with E-state index in [1.54, 1.807) is 6.92 Å². The van der Waals surface area contributed by atoms with Gasteiger partial charge in [0.05, 0.1) is 11.9 Å². The number of carbonyl (C=O) groups is 1. The Hall–Kier alpha value is -2.31. The van der Waals surface area contributed by atoms with Crippen LogP contribution in [0, 0.1) is 13.8 Å². The lowest BCUT2D eigenvalue weighted by atomic mass is 10.2. The second kappa shape index (κ2) is 4.28. The van der Waals surface area contributed by atoms with Crippen molar-refractivity contribution >= 4 is 11.7 Å². The molecule has 7 nitrogen and oxygen atoms in total. The van der Waals surface area contributed by atoms with Crippen LogP contribution < -0.4 is 11.1 Å². The fraction of sp³-hybridized carbons (Fsp3) is 0.300. The van der Waals surface area contributed by atoms with Gasteiger partial charge < -0.3 is 15.6 Å². The summed E-state index contributed by atoms with van der Waals surface area (Å²) in [6.45, 7) is 3.97. The van der Waals surface area contributed by atoms with Crippen molar-refractivity contribution in [3.8, 4) is 0 Å². The van der Waals surface area contributed by atoms with Crippen molar-refractivity contribution in [3.63, 3.8) is 0 Å². The minimum atomic E-state index is -0.281. The maximum absolute atomic E-state index is 11.7. The summed E-state index contributed by atoms with van der Waals surface area (Å²) in [5, 5.41) is 12.7. The number of amides is 1. The zero-order valence-corrected chi connectivity index (χ0v) is 9.57. The van der Waals surface area contributed by atoms with Crippen LogP contribution in [0.25, 0.3) is 0 Å². The van der Waals surface area contributed by atoms with Crippen molar-refractivity contribution in [2.24, 2.45) is 0 Å². The first-order valence-electron chi connectivity index (χ1n) is 5.08. The van der Waals surface area contributed by atoms with Crippen molar-refractivity contribution in [1.82, 2.24) is 20.7 Å². The lowest BCUT2D eigenvalue weighted by molar-refractivity contribution is 0.0952. The average Bonchev–Trinajstić information content (AvgIpc) is 2.84. The number of hydrogen-bond donors (Lipinski definition) is 3. The summed E-state index contributed by atoms with van der Waals surface area (Å²) in [5.41, 5.74) is 7.51. The third-order valence-corrected chi connectivity index (χ3v) is 2.52. The van der Waals surface area contributed by atoms with E-state index in [4.69, 9.17) is 10.3 Å². The Bertz CT molecular complexity index is 523. The number of nitrogens with two attached hydrogens (primary N) is 1. The first-order valence-corrected chi connectivity index (χ1v) is 5.08. The molecule has 2 aromatic heterocycles. The highest BCUT2D eigenvalue weighted by Gasteiger charge is 2.14. The first kappa shape index (κ1) is 11.2. The third-order valence-electron chi connectivity index (χ3n) is 2.52. The molecule has 0 unspecified atom stereocenters. The quantitative estimate of drug-likeness (QED) is 0.718. The van der Waals surface area contributed by atoms with Gasteiger partial charge in [-0.25, -0.2) is 0 Å². The highest BCUT2D eigenvalue weighted by Crippen LogP contribution is 2.12. The normalized spacial score (nSPS) is 10.5. The molecule has 7 heteroatoms. The van der Waals surface area contributed by atoms with Crippen molar-refractivity contribution in [1.29, 1.82) is 0 Å². The zero-order valence-electron chi connectivity index (χ0n) is 9.57. The molecule has 4 N–H and O–H groups in total. The van der Waals surface area contributed by atoms with Gasteiger partial charge in [-0.05, 0) is 13.8 Å². The van der Waals surface area contributed by atoms with Crippen molar-refractivity contribution in [2.75, 3.05) is 5.73 Å². The predicted molar refractivity (Wildman–Crippen MR) is 60.1 cm³/mol. The second-order valence-electron chi connectivity index (χ2n) is 3.68. The molecule has 0 aliphatic heterocycles. The number of aromatic nitrogens is 3. The SMILES string of the molecule is Cc1noc(C)c1CNC(=O)c1cn[nH]c1N. The number of nitrogens with zero attached hydrogens (tertiary/aromatic N) is 2. The van der Waals surface area contributed by atoms with E-state index in [0.29, 0.717) is 17.9 Å². The molecule has 0 bridgehead atoms. The molecule has 0 radical (unpaired) electrons. The standard InChI is InChI=1S/C10H13N5O2/c1-5-7(6(2)17-15-5)3-12-10(16)8-4-13-14-9(8)11/h4H,3H2,1-2H3,(H,12,16)(H3,11,13,14). The van der Waals surface area contributed by atoms with Crippen LogP contribution >= 0.6 is 0 Å². The summed E-state index contributed by atoms with van der Waals surface area (Å²) >= 11 is 0. The highest BCUT2D eigenvalue weighted by atomic mass is 16.5. The Morgan fingerprint density at radius 2 is 2.35 bits per heavy atom. The molecule has 0 aromatic carbocycles. The largest absolute Gasteiger partial charge is 0.383 e. The Morgan fingerprint density at radius 3 is 2.88 bits per heavy atom. The number of aromatic amines is 1. The molecular weight excluding hydrogens is 222 g/mol. The third kappa shape index (κ3) is 2.12. The number of nitrogens with one attached hydrogen (secondary N) is 2. The van der Waals surface area contributed by atoms with E-state index >= 15 is 0 Å². The van der Waals surface area contributed by atoms with Crippen LogP contribution in [0.4, 0.5) is 5.82 Å². The number of rotatable bonds is 3. The average molecular weight is 235 g/mol. The fourth-order valence-electron chi connectivity index (χ4n) is 1.50. The molecular formula is C10H13N5O2. The van der Waals surface area contributed by atoms with Gasteiger partial charge in [-0.2, -0.15) is 5.10 Å². The number of anilines is 1. The molecule has 0 atom stereocenters. The van der Waals surface area contributed by atoms with Gasteiger partial charge in [0.1, 0.15) is 17.1 Å². The molecule has 2 rings (SSSR count). The van der Waals surface area contributed by atoms with Crippen LogP contribution in [0.1, 0.15) is 27.4 Å². The van der Waals surface area contributed by atoms with Gasteiger partial charge in [0, 0.05) is 12.1 Å². The minimum Gasteiger partial charge on any atom is -0.383 e. The molecule has 0 aliphatic rings. The summed E-state index contributed by atoms with van der Waals surface area (Å²) < 4.78 is 5.00. The number of carbonyl (C=O) groups excluding carboxylic acids is 1. The van der Waals surface area contributed by atoms with Crippen LogP contribution in [-0.2, 0) is 6.54 Å². The van der Waals surface area contributed by atoms with Crippen LogP contribution in [-0.4, -0.2) is 21.3 Å². The molecule has 0 aliphatic carbocycles. The first-order chi connectivity index (χ1) is 8.09. The van der Waals surface area contributed by atoms with Gasteiger partial charge in [0.25, 0.3) is 5.91 Å². The van der Waals surface area contributed by atoms with Gasteiger partial charge in [0.2, 0.25) is 0 Å². The molecule has 17 heavy (non-hydrogen) atoms. The lowest BCUT2D eigenvalue weighted by Crippen LogP contribution is -2.23. The lowest BCUT2D eigenvalue weighted by Gasteiger charge is -2.03. The van der Waals surface area contributed by atoms with E-state index in [1.165, 1.54) is 6.20 Å². The summed E-state index contributed by atoms with van der Waals surface area (Å²) in [6.07, 6.45) is 1.39. The summed E-state index contributed by atoms with van der Waals surface area (Å²) in [6, 6.07) is 0. The van der Waals surface area contributed by atoms with Crippen LogP contribution in [0.3, 0.4) is 0 Å². The van der Waals surface area contributed by atoms with E-state index in [0.717, 1.165) is 11.3 Å².